The van der Waals surface area contributed by atoms with Crippen LogP contribution < -0.4 is 11.1 Å². The molecule has 1 aromatic heterocycles. The molecule has 0 aliphatic carbocycles. The van der Waals surface area contributed by atoms with E-state index in [-0.39, 0.29) is 5.91 Å². The lowest BCUT2D eigenvalue weighted by atomic mass is 10.1. The van der Waals surface area contributed by atoms with E-state index >= 15 is 0 Å². The van der Waals surface area contributed by atoms with Crippen molar-refractivity contribution in [2.24, 2.45) is 5.73 Å². The highest BCUT2D eigenvalue weighted by Gasteiger charge is 2.12. The molecule has 106 valence electrons. The molecular formula is C14H19N5O. The van der Waals surface area contributed by atoms with E-state index in [4.69, 9.17) is 5.73 Å². The first-order chi connectivity index (χ1) is 9.76. The Kier molecular flexibility index (Phi) is 4.84. The molecule has 20 heavy (non-hydrogen) atoms. The maximum atomic E-state index is 11.8. The van der Waals surface area contributed by atoms with Crippen molar-refractivity contribution in [1.29, 1.82) is 0 Å². The van der Waals surface area contributed by atoms with Crippen molar-refractivity contribution >= 4 is 11.6 Å². The molecule has 0 saturated carbocycles. The second-order valence-corrected chi connectivity index (χ2v) is 4.43. The monoisotopic (exact) mass is 273 g/mol. The summed E-state index contributed by atoms with van der Waals surface area (Å²) in [5.41, 5.74) is 7.03. The number of carbonyl (C=O) groups is 1. The van der Waals surface area contributed by atoms with Crippen LogP contribution in [0.25, 0.3) is 11.4 Å². The third kappa shape index (κ3) is 3.21. The Hall–Kier alpha value is -2.21. The first-order valence-corrected chi connectivity index (χ1v) is 6.73. The number of aryl methyl sites for hydroxylation is 1. The largest absolute Gasteiger partial charge is 0.330 e. The second-order valence-electron chi connectivity index (χ2n) is 4.43. The van der Waals surface area contributed by atoms with E-state index in [0.29, 0.717) is 19.4 Å². The molecule has 0 saturated heterocycles. The molecule has 3 N–H and O–H groups in total. The van der Waals surface area contributed by atoms with Crippen LogP contribution in [0.1, 0.15) is 19.8 Å². The molecule has 1 aromatic carbocycles. The summed E-state index contributed by atoms with van der Waals surface area (Å²) in [6.07, 6.45) is 2.78. The maximum Gasteiger partial charge on any atom is 0.224 e. The molecule has 0 bridgehead atoms. The Balaban J connectivity index is 2.25. The van der Waals surface area contributed by atoms with Crippen molar-refractivity contribution in [1.82, 2.24) is 14.8 Å². The topological polar surface area (TPSA) is 85.8 Å². The summed E-state index contributed by atoms with van der Waals surface area (Å²) in [5.74, 6) is 0.715. The number of amides is 1. The van der Waals surface area contributed by atoms with Gasteiger partial charge >= 0.3 is 0 Å². The molecule has 2 rings (SSSR count). The van der Waals surface area contributed by atoms with E-state index in [9.17, 15) is 4.79 Å². The summed E-state index contributed by atoms with van der Waals surface area (Å²) in [7, 11) is 0. The van der Waals surface area contributed by atoms with Gasteiger partial charge in [-0.2, -0.15) is 0 Å². The number of hydrogen-bond acceptors (Lipinski definition) is 4. The Labute approximate surface area is 118 Å². The van der Waals surface area contributed by atoms with Gasteiger partial charge in [-0.1, -0.05) is 12.1 Å². The highest BCUT2D eigenvalue weighted by molar-refractivity contribution is 5.94. The first-order valence-electron chi connectivity index (χ1n) is 6.73. The van der Waals surface area contributed by atoms with Crippen molar-refractivity contribution in [3.63, 3.8) is 0 Å². The molecule has 0 unspecified atom stereocenters. The summed E-state index contributed by atoms with van der Waals surface area (Å²) in [4.78, 5) is 11.8. The standard InChI is InChI=1S/C14H19N5O/c1-2-19-10-16-18-14(19)11-6-3-4-7-12(11)17-13(20)8-5-9-15/h3-4,6-7,10H,2,5,8-9,15H2,1H3,(H,17,20). The summed E-state index contributed by atoms with van der Waals surface area (Å²) >= 11 is 0. The van der Waals surface area contributed by atoms with Gasteiger partial charge in [0.25, 0.3) is 0 Å². The number of nitrogens with one attached hydrogen (secondary N) is 1. The second kappa shape index (κ2) is 6.81. The molecule has 0 radical (unpaired) electrons. The molecule has 1 amide bonds. The van der Waals surface area contributed by atoms with Crippen LogP contribution in [0.5, 0.6) is 0 Å². The van der Waals surface area contributed by atoms with Crippen molar-refractivity contribution in [2.45, 2.75) is 26.3 Å². The fourth-order valence-electron chi connectivity index (χ4n) is 1.96. The minimum absolute atomic E-state index is 0.0366. The zero-order valence-electron chi connectivity index (χ0n) is 11.5. The van der Waals surface area contributed by atoms with Crippen molar-refractivity contribution < 1.29 is 4.79 Å². The average Bonchev–Trinajstić information content (AvgIpc) is 2.94. The van der Waals surface area contributed by atoms with Crippen LogP contribution >= 0.6 is 0 Å². The number of nitrogens with zero attached hydrogens (tertiary/aromatic N) is 3. The minimum Gasteiger partial charge on any atom is -0.330 e. The third-order valence-electron chi connectivity index (χ3n) is 3.01. The van der Waals surface area contributed by atoms with E-state index < -0.39 is 0 Å². The summed E-state index contributed by atoms with van der Waals surface area (Å²) in [6.45, 7) is 3.31. The quantitative estimate of drug-likeness (QED) is 0.837. The highest BCUT2D eigenvalue weighted by Crippen LogP contribution is 2.26. The van der Waals surface area contributed by atoms with Gasteiger partial charge < -0.3 is 15.6 Å². The van der Waals surface area contributed by atoms with E-state index in [1.54, 1.807) is 6.33 Å². The van der Waals surface area contributed by atoms with Crippen molar-refractivity contribution in [2.75, 3.05) is 11.9 Å². The maximum absolute atomic E-state index is 11.8. The molecule has 0 aliphatic heterocycles. The highest BCUT2D eigenvalue weighted by atomic mass is 16.1. The fourth-order valence-corrected chi connectivity index (χ4v) is 1.96. The van der Waals surface area contributed by atoms with E-state index in [0.717, 1.165) is 23.6 Å². The summed E-state index contributed by atoms with van der Waals surface area (Å²) in [5, 5.41) is 11.0. The number of hydrogen-bond donors (Lipinski definition) is 2. The number of aromatic nitrogens is 3. The van der Waals surface area contributed by atoms with Crippen LogP contribution in [-0.4, -0.2) is 27.2 Å². The van der Waals surface area contributed by atoms with Gasteiger partial charge in [0.2, 0.25) is 5.91 Å². The summed E-state index contributed by atoms with van der Waals surface area (Å²) < 4.78 is 1.94. The van der Waals surface area contributed by atoms with E-state index in [1.165, 1.54) is 0 Å². The van der Waals surface area contributed by atoms with Crippen molar-refractivity contribution in [3.8, 4) is 11.4 Å². The van der Waals surface area contributed by atoms with Gasteiger partial charge in [0.1, 0.15) is 6.33 Å². The van der Waals surface area contributed by atoms with Gasteiger partial charge in [-0.25, -0.2) is 0 Å². The zero-order chi connectivity index (χ0) is 14.4. The van der Waals surface area contributed by atoms with Gasteiger partial charge in [-0.05, 0) is 32.0 Å². The van der Waals surface area contributed by atoms with E-state index in [2.05, 4.69) is 15.5 Å². The predicted octanol–water partition coefficient (Wildman–Crippen LogP) is 1.64. The molecule has 2 aromatic rings. The number of anilines is 1. The number of nitrogens with two attached hydrogens (primary N) is 1. The predicted molar refractivity (Wildman–Crippen MR) is 78.1 cm³/mol. The van der Waals surface area contributed by atoms with Crippen LogP contribution in [0.4, 0.5) is 5.69 Å². The van der Waals surface area contributed by atoms with Gasteiger partial charge in [-0.3, -0.25) is 4.79 Å². The Morgan fingerprint density at radius 2 is 2.20 bits per heavy atom. The molecule has 1 heterocycles. The van der Waals surface area contributed by atoms with E-state index in [1.807, 2.05) is 35.8 Å². The van der Waals surface area contributed by atoms with Gasteiger partial charge in [0, 0.05) is 18.5 Å². The number of benzene rings is 1. The smallest absolute Gasteiger partial charge is 0.224 e. The van der Waals surface area contributed by atoms with Gasteiger partial charge in [0.15, 0.2) is 5.82 Å². The zero-order valence-corrected chi connectivity index (χ0v) is 11.5. The van der Waals surface area contributed by atoms with Crippen LogP contribution in [0.15, 0.2) is 30.6 Å². The Morgan fingerprint density at radius 3 is 2.95 bits per heavy atom. The lowest BCUT2D eigenvalue weighted by molar-refractivity contribution is -0.116. The molecular weight excluding hydrogens is 254 g/mol. The van der Waals surface area contributed by atoms with Crippen LogP contribution in [-0.2, 0) is 11.3 Å². The minimum atomic E-state index is -0.0366. The Bertz CT molecular complexity index is 578. The molecule has 0 fully saturated rings. The first kappa shape index (κ1) is 14.2. The van der Waals surface area contributed by atoms with Crippen LogP contribution in [0.2, 0.25) is 0 Å². The van der Waals surface area contributed by atoms with Crippen LogP contribution in [0.3, 0.4) is 0 Å². The third-order valence-corrected chi connectivity index (χ3v) is 3.01. The molecule has 6 heteroatoms. The van der Waals surface area contributed by atoms with Gasteiger partial charge in [0.05, 0.1) is 5.69 Å². The molecule has 0 atom stereocenters. The fraction of sp³-hybridized carbons (Fsp3) is 0.357. The normalized spacial score (nSPS) is 10.5. The summed E-state index contributed by atoms with van der Waals surface area (Å²) in [6, 6.07) is 7.59. The number of carbonyl (C=O) groups excluding carboxylic acids is 1. The SMILES string of the molecule is CCn1cnnc1-c1ccccc1NC(=O)CCCN. The Morgan fingerprint density at radius 1 is 1.40 bits per heavy atom. The molecule has 0 aliphatic rings. The number of rotatable bonds is 6. The molecule has 6 nitrogen and oxygen atoms in total. The van der Waals surface area contributed by atoms with Crippen LogP contribution in [0, 0.1) is 0 Å². The lowest BCUT2D eigenvalue weighted by Crippen LogP contribution is -2.14. The molecule has 0 spiro atoms. The lowest BCUT2D eigenvalue weighted by Gasteiger charge is -2.11. The average molecular weight is 273 g/mol. The van der Waals surface area contributed by atoms with Crippen molar-refractivity contribution in [3.05, 3.63) is 30.6 Å². The number of para-hydroxylation sites is 1. The van der Waals surface area contributed by atoms with Gasteiger partial charge in [-0.15, -0.1) is 10.2 Å².